The molecule has 1 aromatic carbocycles. The van der Waals surface area contributed by atoms with Crippen molar-refractivity contribution < 1.29 is 15.3 Å². The monoisotopic (exact) mass is 407 g/mol. The largest absolute Gasteiger partial charge is 0.395 e. The van der Waals surface area contributed by atoms with Crippen LogP contribution in [-0.2, 0) is 6.54 Å². The zero-order chi connectivity index (χ0) is 21.2. The van der Waals surface area contributed by atoms with Crippen LogP contribution < -0.4 is 5.32 Å². The number of aliphatic hydroxyl groups excluding tert-OH is 3. The van der Waals surface area contributed by atoms with Gasteiger partial charge in [0.25, 0.3) is 0 Å². The Bertz CT molecular complexity index is 468. The highest BCUT2D eigenvalue weighted by molar-refractivity contribution is 5.14. The van der Waals surface area contributed by atoms with Gasteiger partial charge in [-0.15, -0.1) is 0 Å². The van der Waals surface area contributed by atoms with E-state index < -0.39 is 18.2 Å². The third kappa shape index (κ3) is 13.1. The molecule has 0 aliphatic rings. The van der Waals surface area contributed by atoms with Gasteiger partial charge in [-0.25, -0.2) is 0 Å². The Hall–Kier alpha value is -0.940. The Kier molecular flexibility index (Phi) is 16.1. The van der Waals surface area contributed by atoms with E-state index in [9.17, 15) is 15.3 Å². The highest BCUT2D eigenvalue weighted by Crippen LogP contribution is 2.14. The molecule has 4 N–H and O–H groups in total. The average Bonchev–Trinajstić information content (AvgIpc) is 2.75. The molecule has 0 amide bonds. The molecule has 4 heteroatoms. The number of hydrogen-bond donors (Lipinski definition) is 4. The maximum Gasteiger partial charge on any atom is 0.0974 e. The molecule has 3 atom stereocenters. The summed E-state index contributed by atoms with van der Waals surface area (Å²) in [6.07, 6.45) is 14.2. The molecule has 0 spiro atoms. The molecule has 1 rings (SSSR count). The molecular weight excluding hydrogens is 362 g/mol. The van der Waals surface area contributed by atoms with Crippen LogP contribution in [-0.4, -0.2) is 40.2 Å². The number of hydrogen-bond acceptors (Lipinski definition) is 4. The van der Waals surface area contributed by atoms with E-state index in [0.717, 1.165) is 18.4 Å². The minimum absolute atomic E-state index is 0.191. The van der Waals surface area contributed by atoms with Gasteiger partial charge in [0.2, 0.25) is 0 Å². The molecule has 0 bridgehead atoms. The van der Waals surface area contributed by atoms with Gasteiger partial charge < -0.3 is 20.6 Å². The molecule has 1 aromatic rings. The van der Waals surface area contributed by atoms with Crippen LogP contribution in [0.15, 0.2) is 30.3 Å². The van der Waals surface area contributed by atoms with Gasteiger partial charge in [-0.2, -0.15) is 0 Å². The van der Waals surface area contributed by atoms with E-state index in [1.165, 1.54) is 64.2 Å². The Morgan fingerprint density at radius 3 is 1.79 bits per heavy atom. The van der Waals surface area contributed by atoms with E-state index >= 15 is 0 Å². The van der Waals surface area contributed by atoms with Gasteiger partial charge in [-0.05, 0) is 12.0 Å². The van der Waals surface area contributed by atoms with Crippen molar-refractivity contribution in [1.29, 1.82) is 0 Å². The van der Waals surface area contributed by atoms with E-state index in [1.807, 2.05) is 30.3 Å². The predicted molar refractivity (Wildman–Crippen MR) is 122 cm³/mol. The van der Waals surface area contributed by atoms with E-state index in [-0.39, 0.29) is 6.61 Å². The summed E-state index contributed by atoms with van der Waals surface area (Å²) in [6.45, 7) is 2.63. The maximum atomic E-state index is 10.4. The number of nitrogens with one attached hydrogen (secondary N) is 1. The summed E-state index contributed by atoms with van der Waals surface area (Å²) in [4.78, 5) is 0. The summed E-state index contributed by atoms with van der Waals surface area (Å²) in [5, 5.41) is 33.4. The standard InChI is InChI=1S/C25H45NO3/c1-2-3-4-5-6-7-8-9-10-11-12-16-19-24(28)25(29)23(21-27)26-20-22-17-14-13-15-18-22/h13-15,17-18,23-29H,2-12,16,19-21H2,1H3/t23-,24-,25+/m0/s1. The number of rotatable bonds is 19. The SMILES string of the molecule is CCCCCCCCCCCCCC[C@H](O)[C@H](O)[C@H](CO)NCc1ccccc1. The first-order chi connectivity index (χ1) is 14.2. The van der Waals surface area contributed by atoms with Crippen LogP contribution in [0.5, 0.6) is 0 Å². The third-order valence-corrected chi connectivity index (χ3v) is 5.77. The van der Waals surface area contributed by atoms with Crippen molar-refractivity contribution in [3.63, 3.8) is 0 Å². The van der Waals surface area contributed by atoms with Crippen molar-refractivity contribution >= 4 is 0 Å². The molecule has 0 saturated carbocycles. The van der Waals surface area contributed by atoms with Gasteiger partial charge in [0.05, 0.1) is 24.9 Å². The van der Waals surface area contributed by atoms with Gasteiger partial charge in [0, 0.05) is 6.54 Å². The van der Waals surface area contributed by atoms with Gasteiger partial charge in [0.1, 0.15) is 0 Å². The molecule has 0 aromatic heterocycles. The summed E-state index contributed by atoms with van der Waals surface area (Å²) >= 11 is 0. The van der Waals surface area contributed by atoms with Crippen molar-refractivity contribution in [2.24, 2.45) is 0 Å². The zero-order valence-corrected chi connectivity index (χ0v) is 18.6. The second-order valence-corrected chi connectivity index (χ2v) is 8.39. The molecule has 0 unspecified atom stereocenters. The van der Waals surface area contributed by atoms with Crippen LogP contribution in [0.3, 0.4) is 0 Å². The van der Waals surface area contributed by atoms with E-state index in [4.69, 9.17) is 0 Å². The Morgan fingerprint density at radius 2 is 1.28 bits per heavy atom. The first-order valence-corrected chi connectivity index (χ1v) is 11.9. The first kappa shape index (κ1) is 26.1. The summed E-state index contributed by atoms with van der Waals surface area (Å²) in [5.41, 5.74) is 1.09. The molecule has 0 fully saturated rings. The maximum absolute atomic E-state index is 10.4. The van der Waals surface area contributed by atoms with Crippen LogP contribution in [0.1, 0.15) is 96.0 Å². The van der Waals surface area contributed by atoms with Crippen LogP contribution in [0, 0.1) is 0 Å². The van der Waals surface area contributed by atoms with Gasteiger partial charge in [-0.1, -0.05) is 114 Å². The quantitative estimate of drug-likeness (QED) is 0.245. The summed E-state index contributed by atoms with van der Waals surface area (Å²) in [7, 11) is 0. The lowest BCUT2D eigenvalue weighted by atomic mass is 9.99. The summed E-state index contributed by atoms with van der Waals surface area (Å²) in [5.74, 6) is 0. The van der Waals surface area contributed by atoms with E-state index in [1.54, 1.807) is 0 Å². The predicted octanol–water partition coefficient (Wildman–Crippen LogP) is 4.95. The second kappa shape index (κ2) is 17.9. The lowest BCUT2D eigenvalue weighted by Gasteiger charge is -2.26. The minimum atomic E-state index is -0.948. The summed E-state index contributed by atoms with van der Waals surface area (Å²) in [6, 6.07) is 9.36. The van der Waals surface area contributed by atoms with Gasteiger partial charge >= 0.3 is 0 Å². The van der Waals surface area contributed by atoms with Crippen molar-refractivity contribution in [1.82, 2.24) is 5.32 Å². The molecule has 0 saturated heterocycles. The van der Waals surface area contributed by atoms with Crippen LogP contribution in [0.25, 0.3) is 0 Å². The molecule has 0 aliphatic carbocycles. The fraction of sp³-hybridized carbons (Fsp3) is 0.760. The van der Waals surface area contributed by atoms with E-state index in [0.29, 0.717) is 13.0 Å². The smallest absolute Gasteiger partial charge is 0.0974 e. The van der Waals surface area contributed by atoms with Crippen molar-refractivity contribution in [2.75, 3.05) is 6.61 Å². The number of benzene rings is 1. The average molecular weight is 408 g/mol. The molecule has 0 heterocycles. The second-order valence-electron chi connectivity index (χ2n) is 8.39. The molecule has 0 aliphatic heterocycles. The first-order valence-electron chi connectivity index (χ1n) is 11.9. The molecular formula is C25H45NO3. The molecule has 4 nitrogen and oxygen atoms in total. The Labute approximate surface area is 178 Å². The number of aliphatic hydroxyl groups is 3. The lowest BCUT2D eigenvalue weighted by Crippen LogP contribution is -2.48. The summed E-state index contributed by atoms with van der Waals surface area (Å²) < 4.78 is 0. The minimum Gasteiger partial charge on any atom is -0.395 e. The van der Waals surface area contributed by atoms with Crippen molar-refractivity contribution in [3.8, 4) is 0 Å². The fourth-order valence-electron chi connectivity index (χ4n) is 3.77. The van der Waals surface area contributed by atoms with Crippen LogP contribution >= 0.6 is 0 Å². The van der Waals surface area contributed by atoms with Crippen LogP contribution in [0.2, 0.25) is 0 Å². The van der Waals surface area contributed by atoms with Crippen LogP contribution in [0.4, 0.5) is 0 Å². The van der Waals surface area contributed by atoms with Gasteiger partial charge in [0.15, 0.2) is 0 Å². The van der Waals surface area contributed by atoms with Crippen molar-refractivity contribution in [3.05, 3.63) is 35.9 Å². The lowest BCUT2D eigenvalue weighted by molar-refractivity contribution is -0.0215. The van der Waals surface area contributed by atoms with Crippen molar-refractivity contribution in [2.45, 2.75) is 115 Å². The van der Waals surface area contributed by atoms with Gasteiger partial charge in [-0.3, -0.25) is 0 Å². The Morgan fingerprint density at radius 1 is 0.759 bits per heavy atom. The fourth-order valence-corrected chi connectivity index (χ4v) is 3.77. The van der Waals surface area contributed by atoms with E-state index in [2.05, 4.69) is 12.2 Å². The normalized spacial score (nSPS) is 14.6. The zero-order valence-electron chi connectivity index (χ0n) is 18.6. The highest BCUT2D eigenvalue weighted by atomic mass is 16.3. The highest BCUT2D eigenvalue weighted by Gasteiger charge is 2.25. The Balaban J connectivity index is 2.04. The number of unbranched alkanes of at least 4 members (excludes halogenated alkanes) is 11. The topological polar surface area (TPSA) is 72.7 Å². The molecule has 168 valence electrons. The third-order valence-electron chi connectivity index (χ3n) is 5.77. The molecule has 0 radical (unpaired) electrons. The molecule has 29 heavy (non-hydrogen) atoms.